The summed E-state index contributed by atoms with van der Waals surface area (Å²) in [6, 6.07) is 13.7. The molecular weight excluding hydrogens is 342 g/mol. The standard InChI is InChI=1S/C18H13NO3S2/c20-17(9-14-5-3-7-23-14)21-10-13-11-24-18(19-13)16-8-12-4-1-2-6-15(12)22-16/h1-8,11H,9-10H2. The third-order valence-electron chi connectivity index (χ3n) is 3.47. The topological polar surface area (TPSA) is 52.3 Å². The van der Waals surface area contributed by atoms with Crippen LogP contribution in [0.4, 0.5) is 0 Å². The lowest BCUT2D eigenvalue weighted by atomic mass is 10.2. The van der Waals surface area contributed by atoms with Gasteiger partial charge in [-0.2, -0.15) is 0 Å². The van der Waals surface area contributed by atoms with E-state index in [-0.39, 0.29) is 12.6 Å². The molecule has 0 fully saturated rings. The zero-order valence-electron chi connectivity index (χ0n) is 12.6. The molecule has 0 saturated carbocycles. The number of hydrogen-bond donors (Lipinski definition) is 0. The van der Waals surface area contributed by atoms with Crippen molar-refractivity contribution in [3.05, 3.63) is 63.8 Å². The monoisotopic (exact) mass is 355 g/mol. The van der Waals surface area contributed by atoms with Gasteiger partial charge in [0.1, 0.15) is 12.2 Å². The number of aromatic nitrogens is 1. The molecule has 0 spiro atoms. The summed E-state index contributed by atoms with van der Waals surface area (Å²) >= 11 is 3.03. The molecule has 0 radical (unpaired) electrons. The van der Waals surface area contributed by atoms with Gasteiger partial charge in [-0.25, -0.2) is 4.98 Å². The molecule has 0 aliphatic heterocycles. The molecule has 0 unspecified atom stereocenters. The minimum atomic E-state index is -0.240. The van der Waals surface area contributed by atoms with Crippen LogP contribution in [0.5, 0.6) is 0 Å². The highest BCUT2D eigenvalue weighted by Gasteiger charge is 2.12. The number of carbonyl (C=O) groups is 1. The Morgan fingerprint density at radius 3 is 2.92 bits per heavy atom. The molecule has 0 aliphatic rings. The fourth-order valence-electron chi connectivity index (χ4n) is 2.33. The minimum Gasteiger partial charge on any atom is -0.459 e. The number of thiazole rings is 1. The SMILES string of the molecule is O=C(Cc1cccs1)OCc1csc(-c2cc3ccccc3o2)n1. The molecule has 120 valence electrons. The summed E-state index contributed by atoms with van der Waals surface area (Å²) in [5.41, 5.74) is 1.57. The Labute approximate surface area is 146 Å². The largest absolute Gasteiger partial charge is 0.459 e. The molecular formula is C18H13NO3S2. The smallest absolute Gasteiger partial charge is 0.311 e. The number of fused-ring (bicyclic) bond motifs is 1. The van der Waals surface area contributed by atoms with Gasteiger partial charge < -0.3 is 9.15 Å². The first kappa shape index (κ1) is 15.1. The van der Waals surface area contributed by atoms with E-state index in [2.05, 4.69) is 4.98 Å². The highest BCUT2D eigenvalue weighted by Crippen LogP contribution is 2.30. The molecule has 0 N–H and O–H groups in total. The maximum atomic E-state index is 11.8. The van der Waals surface area contributed by atoms with E-state index in [1.807, 2.05) is 53.2 Å². The van der Waals surface area contributed by atoms with Crippen molar-refractivity contribution in [3.8, 4) is 10.8 Å². The van der Waals surface area contributed by atoms with E-state index in [4.69, 9.17) is 9.15 Å². The van der Waals surface area contributed by atoms with Gasteiger partial charge in [0.25, 0.3) is 0 Å². The third-order valence-corrected chi connectivity index (χ3v) is 5.25. The third kappa shape index (κ3) is 3.25. The molecule has 4 rings (SSSR count). The quantitative estimate of drug-likeness (QED) is 0.478. The van der Waals surface area contributed by atoms with Crippen LogP contribution in [-0.2, 0) is 22.6 Å². The molecule has 0 bridgehead atoms. The van der Waals surface area contributed by atoms with E-state index >= 15 is 0 Å². The van der Waals surface area contributed by atoms with Gasteiger partial charge in [0.05, 0.1) is 12.1 Å². The van der Waals surface area contributed by atoms with Crippen LogP contribution in [0.3, 0.4) is 0 Å². The Bertz CT molecular complexity index is 936. The minimum absolute atomic E-state index is 0.181. The predicted molar refractivity (Wildman–Crippen MR) is 95.1 cm³/mol. The number of furan rings is 1. The molecule has 4 nitrogen and oxygen atoms in total. The molecule has 0 saturated heterocycles. The number of ether oxygens (including phenoxy) is 1. The van der Waals surface area contributed by atoms with Crippen molar-refractivity contribution < 1.29 is 13.9 Å². The Kier molecular flexibility index (Phi) is 4.15. The van der Waals surface area contributed by atoms with Crippen LogP contribution in [0.25, 0.3) is 21.7 Å². The van der Waals surface area contributed by atoms with E-state index in [1.54, 1.807) is 11.3 Å². The lowest BCUT2D eigenvalue weighted by molar-refractivity contribution is -0.144. The first-order valence-corrected chi connectivity index (χ1v) is 9.15. The van der Waals surface area contributed by atoms with Gasteiger partial charge in [-0.05, 0) is 23.6 Å². The van der Waals surface area contributed by atoms with Crippen LogP contribution in [-0.4, -0.2) is 11.0 Å². The average molecular weight is 355 g/mol. The Morgan fingerprint density at radius 1 is 1.17 bits per heavy atom. The second kappa shape index (κ2) is 6.59. The molecule has 4 aromatic rings. The van der Waals surface area contributed by atoms with Crippen LogP contribution in [0.2, 0.25) is 0 Å². The molecule has 1 aromatic carbocycles. The maximum Gasteiger partial charge on any atom is 0.311 e. The summed E-state index contributed by atoms with van der Waals surface area (Å²) in [5.74, 6) is 0.494. The predicted octanol–water partition coefficient (Wildman–Crippen LogP) is 4.90. The van der Waals surface area contributed by atoms with Gasteiger partial charge in [0.2, 0.25) is 0 Å². The number of thiophene rings is 1. The average Bonchev–Trinajstić information content (AvgIpc) is 3.32. The molecule has 0 aliphatic carbocycles. The highest BCUT2D eigenvalue weighted by molar-refractivity contribution is 7.13. The number of esters is 1. The molecule has 0 amide bonds. The van der Waals surface area contributed by atoms with E-state index in [1.165, 1.54) is 11.3 Å². The maximum absolute atomic E-state index is 11.8. The molecule has 3 heterocycles. The Hall–Kier alpha value is -2.44. The van der Waals surface area contributed by atoms with Crippen LogP contribution in [0.15, 0.2) is 57.6 Å². The van der Waals surface area contributed by atoms with Crippen molar-refractivity contribution in [3.63, 3.8) is 0 Å². The van der Waals surface area contributed by atoms with Gasteiger partial charge in [0.15, 0.2) is 10.8 Å². The van der Waals surface area contributed by atoms with E-state index in [0.717, 1.165) is 32.3 Å². The number of nitrogens with zero attached hydrogens (tertiary/aromatic N) is 1. The van der Waals surface area contributed by atoms with Gasteiger partial charge in [-0.3, -0.25) is 4.79 Å². The van der Waals surface area contributed by atoms with Crippen LogP contribution in [0, 0.1) is 0 Å². The van der Waals surface area contributed by atoms with Crippen molar-refractivity contribution in [2.24, 2.45) is 0 Å². The number of para-hydroxylation sites is 1. The summed E-state index contributed by atoms with van der Waals surface area (Å²) in [6.07, 6.45) is 0.304. The Balaban J connectivity index is 1.42. The van der Waals surface area contributed by atoms with Crippen molar-refractivity contribution in [1.29, 1.82) is 0 Å². The fraction of sp³-hybridized carbons (Fsp3) is 0.111. The van der Waals surface area contributed by atoms with Crippen molar-refractivity contribution in [2.75, 3.05) is 0 Å². The molecule has 24 heavy (non-hydrogen) atoms. The van der Waals surface area contributed by atoms with Gasteiger partial charge in [-0.15, -0.1) is 22.7 Å². The van der Waals surface area contributed by atoms with E-state index in [9.17, 15) is 4.79 Å². The van der Waals surface area contributed by atoms with Crippen molar-refractivity contribution in [1.82, 2.24) is 4.98 Å². The fourth-order valence-corrected chi connectivity index (χ4v) is 3.78. The first-order valence-electron chi connectivity index (χ1n) is 7.39. The molecule has 6 heteroatoms. The highest BCUT2D eigenvalue weighted by atomic mass is 32.1. The number of benzene rings is 1. The number of carbonyl (C=O) groups excluding carboxylic acids is 1. The zero-order chi connectivity index (χ0) is 16.4. The van der Waals surface area contributed by atoms with Crippen LogP contribution >= 0.6 is 22.7 Å². The molecule has 0 atom stereocenters. The summed E-state index contributed by atoms with van der Waals surface area (Å²) in [4.78, 5) is 17.3. The van der Waals surface area contributed by atoms with E-state index in [0.29, 0.717) is 6.42 Å². The lowest BCUT2D eigenvalue weighted by Crippen LogP contribution is -2.07. The summed E-state index contributed by atoms with van der Waals surface area (Å²) in [6.45, 7) is 0.181. The van der Waals surface area contributed by atoms with Crippen molar-refractivity contribution in [2.45, 2.75) is 13.0 Å². The molecule has 3 aromatic heterocycles. The van der Waals surface area contributed by atoms with Crippen molar-refractivity contribution >= 4 is 39.6 Å². The Morgan fingerprint density at radius 2 is 2.08 bits per heavy atom. The first-order chi connectivity index (χ1) is 11.8. The summed E-state index contributed by atoms with van der Waals surface area (Å²) < 4.78 is 11.1. The van der Waals surface area contributed by atoms with E-state index < -0.39 is 0 Å². The van der Waals surface area contributed by atoms with Crippen LogP contribution < -0.4 is 0 Å². The normalized spacial score (nSPS) is 11.0. The van der Waals surface area contributed by atoms with Gasteiger partial charge in [-0.1, -0.05) is 24.3 Å². The lowest BCUT2D eigenvalue weighted by Gasteiger charge is -2.01. The second-order valence-electron chi connectivity index (χ2n) is 5.21. The summed E-state index contributed by atoms with van der Waals surface area (Å²) in [5, 5.41) is 5.67. The number of hydrogen-bond acceptors (Lipinski definition) is 6. The zero-order valence-corrected chi connectivity index (χ0v) is 14.2. The summed E-state index contributed by atoms with van der Waals surface area (Å²) in [7, 11) is 0. The number of rotatable bonds is 5. The van der Waals surface area contributed by atoms with Gasteiger partial charge >= 0.3 is 5.97 Å². The van der Waals surface area contributed by atoms with Crippen LogP contribution in [0.1, 0.15) is 10.6 Å². The van der Waals surface area contributed by atoms with Gasteiger partial charge in [0, 0.05) is 15.6 Å². The second-order valence-corrected chi connectivity index (χ2v) is 7.10.